The number of nitrogens with two attached hydrogens (primary N) is 1. The summed E-state index contributed by atoms with van der Waals surface area (Å²) in [6, 6.07) is 11.8. The second kappa shape index (κ2) is 9.73. The van der Waals surface area contributed by atoms with Crippen molar-refractivity contribution in [2.24, 2.45) is 5.73 Å². The number of esters is 1. The molecule has 7 heteroatoms. The molecule has 0 aromatic heterocycles. The minimum Gasteiger partial charge on any atom is -0.484 e. The summed E-state index contributed by atoms with van der Waals surface area (Å²) in [6.07, 6.45) is -0.979. The molecule has 7 nitrogen and oxygen atoms in total. The maximum atomic E-state index is 12.6. The Balaban J connectivity index is 2.01. The zero-order chi connectivity index (χ0) is 21.6. The molecule has 0 heterocycles. The first kappa shape index (κ1) is 21.9. The lowest BCUT2D eigenvalue weighted by Crippen LogP contribution is -2.30. The summed E-state index contributed by atoms with van der Waals surface area (Å²) >= 11 is 0. The molecule has 2 aromatic rings. The largest absolute Gasteiger partial charge is 0.484 e. The van der Waals surface area contributed by atoms with E-state index in [-0.39, 0.29) is 18.1 Å². The Labute approximate surface area is 170 Å². The number of amides is 2. The predicted molar refractivity (Wildman–Crippen MR) is 110 cm³/mol. The average Bonchev–Trinajstić information content (AvgIpc) is 2.67. The number of carbonyl (C=O) groups is 3. The monoisotopic (exact) mass is 398 g/mol. The van der Waals surface area contributed by atoms with Crippen LogP contribution in [0.25, 0.3) is 0 Å². The summed E-state index contributed by atoms with van der Waals surface area (Å²) in [5, 5.41) is 2.87. The molecule has 0 fully saturated rings. The van der Waals surface area contributed by atoms with E-state index in [1.165, 1.54) is 31.2 Å². The Morgan fingerprint density at radius 1 is 1.03 bits per heavy atom. The van der Waals surface area contributed by atoms with Gasteiger partial charge in [0, 0.05) is 5.69 Å². The van der Waals surface area contributed by atoms with Gasteiger partial charge in [-0.25, -0.2) is 4.79 Å². The second-order valence-corrected chi connectivity index (χ2v) is 7.01. The predicted octanol–water partition coefficient (Wildman–Crippen LogP) is 3.17. The normalized spacial score (nSPS) is 11.6. The molecule has 0 radical (unpaired) electrons. The van der Waals surface area contributed by atoms with E-state index in [2.05, 4.69) is 5.32 Å². The van der Waals surface area contributed by atoms with Crippen LogP contribution in [0, 0.1) is 6.92 Å². The van der Waals surface area contributed by atoms with E-state index >= 15 is 0 Å². The van der Waals surface area contributed by atoms with E-state index in [1.807, 2.05) is 39.0 Å². The Kier molecular flexibility index (Phi) is 7.36. The fourth-order valence-corrected chi connectivity index (χ4v) is 2.69. The SMILES string of the molecule is Cc1cccc(C(C)C)c1NC(=O)[C@@H](C)OC(=O)c1ccc(OCC(N)=O)cc1. The highest BCUT2D eigenvalue weighted by molar-refractivity contribution is 5.98. The summed E-state index contributed by atoms with van der Waals surface area (Å²) < 4.78 is 10.4. The number of para-hydroxylation sites is 1. The molecule has 0 saturated carbocycles. The van der Waals surface area contributed by atoms with Gasteiger partial charge in [0.1, 0.15) is 5.75 Å². The minimum atomic E-state index is -0.979. The van der Waals surface area contributed by atoms with Gasteiger partial charge in [0.2, 0.25) is 0 Å². The van der Waals surface area contributed by atoms with Crippen LogP contribution >= 0.6 is 0 Å². The molecule has 0 unspecified atom stereocenters. The Morgan fingerprint density at radius 2 is 1.69 bits per heavy atom. The lowest BCUT2D eigenvalue weighted by atomic mass is 9.98. The third-order valence-electron chi connectivity index (χ3n) is 4.30. The number of benzene rings is 2. The van der Waals surface area contributed by atoms with E-state index in [0.29, 0.717) is 5.75 Å². The molecule has 3 N–H and O–H groups in total. The Hall–Kier alpha value is -3.35. The van der Waals surface area contributed by atoms with Crippen LogP contribution in [0.1, 0.15) is 48.2 Å². The summed E-state index contributed by atoms with van der Waals surface area (Å²) in [7, 11) is 0. The summed E-state index contributed by atoms with van der Waals surface area (Å²) in [5.74, 6) is -1.01. The molecular formula is C22H26N2O5. The minimum absolute atomic E-state index is 0.235. The van der Waals surface area contributed by atoms with E-state index in [1.54, 1.807) is 0 Å². The highest BCUT2D eigenvalue weighted by atomic mass is 16.5. The number of primary amides is 1. The van der Waals surface area contributed by atoms with Crippen molar-refractivity contribution in [3.05, 3.63) is 59.2 Å². The van der Waals surface area contributed by atoms with Crippen LogP contribution in [-0.4, -0.2) is 30.5 Å². The molecule has 0 aliphatic carbocycles. The third kappa shape index (κ3) is 6.07. The lowest BCUT2D eigenvalue weighted by Gasteiger charge is -2.19. The summed E-state index contributed by atoms with van der Waals surface area (Å²) in [5.41, 5.74) is 7.97. The summed E-state index contributed by atoms with van der Waals surface area (Å²) in [4.78, 5) is 35.6. The van der Waals surface area contributed by atoms with Gasteiger partial charge in [-0.3, -0.25) is 9.59 Å². The van der Waals surface area contributed by atoms with Crippen molar-refractivity contribution in [1.29, 1.82) is 0 Å². The Bertz CT molecular complexity index is 891. The van der Waals surface area contributed by atoms with Crippen molar-refractivity contribution in [3.8, 4) is 5.75 Å². The van der Waals surface area contributed by atoms with E-state index in [9.17, 15) is 14.4 Å². The van der Waals surface area contributed by atoms with Gasteiger partial charge in [0.05, 0.1) is 5.56 Å². The number of rotatable bonds is 8. The second-order valence-electron chi connectivity index (χ2n) is 7.01. The lowest BCUT2D eigenvalue weighted by molar-refractivity contribution is -0.123. The number of carbonyl (C=O) groups excluding carboxylic acids is 3. The fraction of sp³-hybridized carbons (Fsp3) is 0.318. The molecule has 29 heavy (non-hydrogen) atoms. The van der Waals surface area contributed by atoms with Gasteiger partial charge in [-0.2, -0.15) is 0 Å². The zero-order valence-corrected chi connectivity index (χ0v) is 17.0. The van der Waals surface area contributed by atoms with Gasteiger partial charge in [0.15, 0.2) is 12.7 Å². The van der Waals surface area contributed by atoms with Crippen LogP contribution in [-0.2, 0) is 14.3 Å². The van der Waals surface area contributed by atoms with Gasteiger partial charge in [-0.15, -0.1) is 0 Å². The number of aryl methyl sites for hydroxylation is 1. The molecule has 2 rings (SSSR count). The maximum Gasteiger partial charge on any atom is 0.338 e. The quantitative estimate of drug-likeness (QED) is 0.664. The first-order valence-corrected chi connectivity index (χ1v) is 9.31. The van der Waals surface area contributed by atoms with Crippen molar-refractivity contribution in [3.63, 3.8) is 0 Å². The molecule has 0 aliphatic heterocycles. The third-order valence-corrected chi connectivity index (χ3v) is 4.30. The molecule has 0 saturated heterocycles. The summed E-state index contributed by atoms with van der Waals surface area (Å²) in [6.45, 7) is 7.28. The van der Waals surface area contributed by atoms with Crippen LogP contribution in [0.2, 0.25) is 0 Å². The fourth-order valence-electron chi connectivity index (χ4n) is 2.69. The Morgan fingerprint density at radius 3 is 2.28 bits per heavy atom. The molecule has 2 aromatic carbocycles. The highest BCUT2D eigenvalue weighted by Gasteiger charge is 2.21. The highest BCUT2D eigenvalue weighted by Crippen LogP contribution is 2.27. The zero-order valence-electron chi connectivity index (χ0n) is 17.0. The molecule has 0 spiro atoms. The van der Waals surface area contributed by atoms with Gasteiger partial charge in [-0.1, -0.05) is 32.0 Å². The smallest absolute Gasteiger partial charge is 0.338 e. The molecular weight excluding hydrogens is 372 g/mol. The van der Waals surface area contributed by atoms with E-state index in [4.69, 9.17) is 15.2 Å². The number of anilines is 1. The first-order valence-electron chi connectivity index (χ1n) is 9.31. The number of hydrogen-bond donors (Lipinski definition) is 2. The molecule has 2 amide bonds. The number of nitrogens with one attached hydrogen (secondary N) is 1. The van der Waals surface area contributed by atoms with Crippen molar-refractivity contribution in [1.82, 2.24) is 0 Å². The van der Waals surface area contributed by atoms with Gasteiger partial charge < -0.3 is 20.5 Å². The van der Waals surface area contributed by atoms with Crippen LogP contribution < -0.4 is 15.8 Å². The van der Waals surface area contributed by atoms with Crippen LogP contribution in [0.15, 0.2) is 42.5 Å². The average molecular weight is 398 g/mol. The van der Waals surface area contributed by atoms with Gasteiger partial charge in [-0.05, 0) is 55.2 Å². The standard InChI is InChI=1S/C22H26N2O5/c1-13(2)18-7-5-6-14(3)20(18)24-21(26)15(4)29-22(27)16-8-10-17(11-9-16)28-12-19(23)25/h5-11,13,15H,12H2,1-4H3,(H2,23,25)(H,24,26)/t15-/m1/s1. The topological polar surface area (TPSA) is 108 Å². The van der Waals surface area contributed by atoms with E-state index < -0.39 is 23.9 Å². The van der Waals surface area contributed by atoms with Crippen LogP contribution in [0.5, 0.6) is 5.75 Å². The number of ether oxygens (including phenoxy) is 2. The first-order chi connectivity index (χ1) is 13.7. The van der Waals surface area contributed by atoms with Gasteiger partial charge in [0.25, 0.3) is 11.8 Å². The van der Waals surface area contributed by atoms with Crippen molar-refractivity contribution >= 4 is 23.5 Å². The molecule has 154 valence electrons. The molecule has 0 bridgehead atoms. The molecule has 1 atom stereocenters. The van der Waals surface area contributed by atoms with Crippen molar-refractivity contribution < 1.29 is 23.9 Å². The number of hydrogen-bond acceptors (Lipinski definition) is 5. The maximum absolute atomic E-state index is 12.6. The van der Waals surface area contributed by atoms with E-state index in [0.717, 1.165) is 16.8 Å². The van der Waals surface area contributed by atoms with Crippen LogP contribution in [0.4, 0.5) is 5.69 Å². The van der Waals surface area contributed by atoms with Crippen LogP contribution in [0.3, 0.4) is 0 Å². The van der Waals surface area contributed by atoms with Gasteiger partial charge >= 0.3 is 5.97 Å². The molecule has 0 aliphatic rings. The van der Waals surface area contributed by atoms with Crippen molar-refractivity contribution in [2.45, 2.75) is 39.7 Å². The van der Waals surface area contributed by atoms with Crippen molar-refractivity contribution in [2.75, 3.05) is 11.9 Å².